The second-order valence-electron chi connectivity index (χ2n) is 4.52. The van der Waals surface area contributed by atoms with Crippen molar-refractivity contribution >= 4 is 11.6 Å². The number of hydrogen-bond acceptors (Lipinski definition) is 2. The van der Waals surface area contributed by atoms with E-state index in [4.69, 9.17) is 16.3 Å². The standard InChI is InChI=1S/C16H16ClF2NO/c1-2-20-9-11-8-12(17)6-7-16(11)21-10-13-14(18)4-3-5-15(13)19/h3-8,20H,2,9-10H2,1H3. The smallest absolute Gasteiger partial charge is 0.132 e. The Morgan fingerprint density at radius 2 is 1.86 bits per heavy atom. The molecular weight excluding hydrogens is 296 g/mol. The van der Waals surface area contributed by atoms with Gasteiger partial charge in [-0.15, -0.1) is 0 Å². The molecule has 2 rings (SSSR count). The van der Waals surface area contributed by atoms with Crippen molar-refractivity contribution in [3.63, 3.8) is 0 Å². The lowest BCUT2D eigenvalue weighted by molar-refractivity contribution is 0.289. The molecule has 1 N–H and O–H groups in total. The monoisotopic (exact) mass is 311 g/mol. The molecule has 0 aromatic heterocycles. The van der Waals surface area contributed by atoms with Gasteiger partial charge < -0.3 is 10.1 Å². The van der Waals surface area contributed by atoms with Crippen LogP contribution in [0.2, 0.25) is 5.02 Å². The first-order valence-corrected chi connectivity index (χ1v) is 7.04. The molecule has 0 saturated heterocycles. The maximum Gasteiger partial charge on any atom is 0.132 e. The summed E-state index contributed by atoms with van der Waals surface area (Å²) in [5, 5.41) is 3.76. The maximum absolute atomic E-state index is 13.6. The molecule has 0 aliphatic carbocycles. The van der Waals surface area contributed by atoms with E-state index in [1.54, 1.807) is 18.2 Å². The molecule has 0 bridgehead atoms. The average Bonchev–Trinajstić information content (AvgIpc) is 2.46. The minimum atomic E-state index is -0.614. The van der Waals surface area contributed by atoms with Crippen LogP contribution in [-0.4, -0.2) is 6.54 Å². The van der Waals surface area contributed by atoms with Crippen LogP contribution >= 0.6 is 11.6 Å². The second-order valence-corrected chi connectivity index (χ2v) is 4.96. The van der Waals surface area contributed by atoms with E-state index in [1.165, 1.54) is 18.2 Å². The molecule has 0 aliphatic heterocycles. The Morgan fingerprint density at radius 1 is 1.14 bits per heavy atom. The summed E-state index contributed by atoms with van der Waals surface area (Å²) >= 11 is 5.96. The molecule has 0 amide bonds. The molecule has 5 heteroatoms. The highest BCUT2D eigenvalue weighted by Crippen LogP contribution is 2.24. The van der Waals surface area contributed by atoms with E-state index < -0.39 is 11.6 Å². The van der Waals surface area contributed by atoms with E-state index in [0.717, 1.165) is 12.1 Å². The van der Waals surface area contributed by atoms with Crippen LogP contribution in [0.15, 0.2) is 36.4 Å². The number of nitrogens with one attached hydrogen (secondary N) is 1. The fourth-order valence-corrected chi connectivity index (χ4v) is 2.10. The Balaban J connectivity index is 2.16. The van der Waals surface area contributed by atoms with Gasteiger partial charge >= 0.3 is 0 Å². The van der Waals surface area contributed by atoms with Gasteiger partial charge in [0, 0.05) is 17.1 Å². The zero-order valence-corrected chi connectivity index (χ0v) is 12.4. The fourth-order valence-electron chi connectivity index (χ4n) is 1.91. The quantitative estimate of drug-likeness (QED) is 0.858. The molecule has 0 saturated carbocycles. The topological polar surface area (TPSA) is 21.3 Å². The molecule has 0 fully saturated rings. The Labute approximate surface area is 127 Å². The molecule has 0 radical (unpaired) electrons. The van der Waals surface area contributed by atoms with Crippen molar-refractivity contribution in [1.82, 2.24) is 5.32 Å². The van der Waals surface area contributed by atoms with E-state index in [0.29, 0.717) is 17.3 Å². The van der Waals surface area contributed by atoms with E-state index in [2.05, 4.69) is 5.32 Å². The molecule has 0 unspecified atom stereocenters. The minimum absolute atomic E-state index is 0.0816. The molecular formula is C16H16ClF2NO. The summed E-state index contributed by atoms with van der Waals surface area (Å²) in [6.45, 7) is 3.19. The Kier molecular flexibility index (Phi) is 5.53. The SMILES string of the molecule is CCNCc1cc(Cl)ccc1OCc1c(F)cccc1F. The summed E-state index contributed by atoms with van der Waals surface area (Å²) in [5.74, 6) is -0.669. The average molecular weight is 312 g/mol. The molecule has 0 heterocycles. The molecule has 0 atom stereocenters. The van der Waals surface area contributed by atoms with E-state index in [9.17, 15) is 8.78 Å². The van der Waals surface area contributed by atoms with Gasteiger partial charge in [0.1, 0.15) is 24.0 Å². The van der Waals surface area contributed by atoms with E-state index >= 15 is 0 Å². The highest BCUT2D eigenvalue weighted by Gasteiger charge is 2.11. The molecule has 2 nitrogen and oxygen atoms in total. The molecule has 21 heavy (non-hydrogen) atoms. The van der Waals surface area contributed by atoms with Crippen molar-refractivity contribution < 1.29 is 13.5 Å². The molecule has 2 aromatic rings. The third kappa shape index (κ3) is 4.16. The van der Waals surface area contributed by atoms with Crippen LogP contribution in [-0.2, 0) is 13.2 Å². The lowest BCUT2D eigenvalue weighted by Crippen LogP contribution is -2.13. The van der Waals surface area contributed by atoms with Crippen LogP contribution in [0.1, 0.15) is 18.1 Å². The van der Waals surface area contributed by atoms with Crippen molar-refractivity contribution in [2.24, 2.45) is 0 Å². The summed E-state index contributed by atoms with van der Waals surface area (Å²) in [7, 11) is 0. The van der Waals surface area contributed by atoms with Crippen LogP contribution in [0.5, 0.6) is 5.75 Å². The van der Waals surface area contributed by atoms with Gasteiger partial charge in [0.05, 0.1) is 5.56 Å². The Morgan fingerprint density at radius 3 is 2.52 bits per heavy atom. The highest BCUT2D eigenvalue weighted by atomic mass is 35.5. The highest BCUT2D eigenvalue weighted by molar-refractivity contribution is 6.30. The van der Waals surface area contributed by atoms with Crippen molar-refractivity contribution in [2.75, 3.05) is 6.54 Å². The Bertz CT molecular complexity index is 599. The lowest BCUT2D eigenvalue weighted by atomic mass is 10.2. The van der Waals surface area contributed by atoms with Crippen LogP contribution in [0, 0.1) is 11.6 Å². The molecule has 112 valence electrons. The lowest BCUT2D eigenvalue weighted by Gasteiger charge is -2.13. The van der Waals surface area contributed by atoms with Gasteiger partial charge in [0.2, 0.25) is 0 Å². The zero-order chi connectivity index (χ0) is 15.2. The number of rotatable bonds is 6. The molecule has 0 spiro atoms. The molecule has 0 aliphatic rings. The normalized spacial score (nSPS) is 10.7. The predicted octanol–water partition coefficient (Wildman–Crippen LogP) is 4.31. The number of benzene rings is 2. The minimum Gasteiger partial charge on any atom is -0.488 e. The number of ether oxygens (including phenoxy) is 1. The van der Waals surface area contributed by atoms with Crippen molar-refractivity contribution in [1.29, 1.82) is 0 Å². The maximum atomic E-state index is 13.6. The van der Waals surface area contributed by atoms with Gasteiger partial charge in [0.15, 0.2) is 0 Å². The van der Waals surface area contributed by atoms with Gasteiger partial charge in [-0.3, -0.25) is 0 Å². The first kappa shape index (κ1) is 15.7. The van der Waals surface area contributed by atoms with Crippen molar-refractivity contribution in [3.8, 4) is 5.75 Å². The van der Waals surface area contributed by atoms with Gasteiger partial charge in [-0.05, 0) is 36.9 Å². The fraction of sp³-hybridized carbons (Fsp3) is 0.250. The molecule has 2 aromatic carbocycles. The number of halogens is 3. The third-order valence-corrected chi connectivity index (χ3v) is 3.26. The second kappa shape index (κ2) is 7.38. The third-order valence-electron chi connectivity index (χ3n) is 3.02. The summed E-state index contributed by atoms with van der Waals surface area (Å²) < 4.78 is 32.7. The van der Waals surface area contributed by atoms with Crippen molar-refractivity contribution in [2.45, 2.75) is 20.1 Å². The predicted molar refractivity (Wildman–Crippen MR) is 79.5 cm³/mol. The Hall–Kier alpha value is -1.65. The van der Waals surface area contributed by atoms with Crippen LogP contribution in [0.3, 0.4) is 0 Å². The van der Waals surface area contributed by atoms with E-state index in [-0.39, 0.29) is 12.2 Å². The summed E-state index contributed by atoms with van der Waals surface area (Å²) in [6, 6.07) is 8.91. The van der Waals surface area contributed by atoms with Gasteiger partial charge in [0.25, 0.3) is 0 Å². The largest absolute Gasteiger partial charge is 0.488 e. The first-order chi connectivity index (χ1) is 10.1. The van der Waals surface area contributed by atoms with Gasteiger partial charge in [-0.1, -0.05) is 24.6 Å². The van der Waals surface area contributed by atoms with Crippen LogP contribution < -0.4 is 10.1 Å². The summed E-state index contributed by atoms with van der Waals surface area (Å²) in [6.07, 6.45) is 0. The van der Waals surface area contributed by atoms with Crippen LogP contribution in [0.4, 0.5) is 8.78 Å². The zero-order valence-electron chi connectivity index (χ0n) is 11.6. The summed E-state index contributed by atoms with van der Waals surface area (Å²) in [4.78, 5) is 0. The number of hydrogen-bond donors (Lipinski definition) is 1. The van der Waals surface area contributed by atoms with Gasteiger partial charge in [-0.25, -0.2) is 8.78 Å². The van der Waals surface area contributed by atoms with E-state index in [1.807, 2.05) is 6.92 Å². The first-order valence-electron chi connectivity index (χ1n) is 6.66. The van der Waals surface area contributed by atoms with Gasteiger partial charge in [-0.2, -0.15) is 0 Å². The van der Waals surface area contributed by atoms with Crippen molar-refractivity contribution in [3.05, 3.63) is 64.2 Å². The summed E-state index contributed by atoms with van der Waals surface area (Å²) in [5.41, 5.74) is 0.767. The van der Waals surface area contributed by atoms with Crippen LogP contribution in [0.25, 0.3) is 0 Å².